The van der Waals surface area contributed by atoms with Gasteiger partial charge in [-0.1, -0.05) is 91.0 Å². The molecule has 3 unspecified atom stereocenters. The van der Waals surface area contributed by atoms with E-state index in [2.05, 4.69) is 6.58 Å². The molecule has 3 rings (SSSR count). The van der Waals surface area contributed by atoms with Gasteiger partial charge in [0.2, 0.25) is 0 Å². The average molecular weight is 493 g/mol. The molecule has 0 amide bonds. The van der Waals surface area contributed by atoms with E-state index in [4.69, 9.17) is 0 Å². The number of hydrogen-bond donors (Lipinski definition) is 2. The van der Waals surface area contributed by atoms with E-state index in [9.17, 15) is 23.4 Å². The minimum atomic E-state index is -3.81. The average Bonchev–Trinajstić information content (AvgIpc) is 2.84. The van der Waals surface area contributed by atoms with Crippen molar-refractivity contribution in [1.29, 1.82) is 0 Å². The van der Waals surface area contributed by atoms with Crippen LogP contribution in [0.15, 0.2) is 97.6 Å². The van der Waals surface area contributed by atoms with Gasteiger partial charge in [0, 0.05) is 6.42 Å². The third-order valence-electron chi connectivity index (χ3n) is 6.16. The van der Waals surface area contributed by atoms with Gasteiger partial charge in [-0.05, 0) is 41.5 Å². The molecule has 6 heteroatoms. The van der Waals surface area contributed by atoms with Gasteiger partial charge in [-0.15, -0.1) is 6.58 Å². The van der Waals surface area contributed by atoms with Crippen molar-refractivity contribution in [2.24, 2.45) is 5.92 Å². The van der Waals surface area contributed by atoms with Crippen LogP contribution in [-0.4, -0.2) is 30.4 Å². The molecule has 0 aromatic heterocycles. The molecule has 0 fully saturated rings. The van der Waals surface area contributed by atoms with E-state index in [1.54, 1.807) is 24.3 Å². The second-order valence-electron chi connectivity index (χ2n) is 8.73. The summed E-state index contributed by atoms with van der Waals surface area (Å²) in [5.74, 6) is -2.54. The fraction of sp³-hybridized carbons (Fsp3) is 0.276. The van der Waals surface area contributed by atoms with Crippen LogP contribution in [0.4, 0.5) is 0 Å². The molecule has 0 aliphatic rings. The Balaban J connectivity index is 1.83. The van der Waals surface area contributed by atoms with Crippen LogP contribution in [0.3, 0.4) is 0 Å². The largest absolute Gasteiger partial charge is 0.481 e. The number of carbonyl (C=O) groups is 1. The molecular formula is C29H32O5S. The Kier molecular flexibility index (Phi) is 9.40. The van der Waals surface area contributed by atoms with Crippen LogP contribution in [0.5, 0.6) is 0 Å². The topological polar surface area (TPSA) is 91.7 Å². The van der Waals surface area contributed by atoms with Gasteiger partial charge < -0.3 is 10.2 Å². The van der Waals surface area contributed by atoms with Crippen LogP contribution in [0.1, 0.15) is 46.4 Å². The highest BCUT2D eigenvalue weighted by molar-refractivity contribution is 7.91. The van der Waals surface area contributed by atoms with Gasteiger partial charge in [0.25, 0.3) is 0 Å². The smallest absolute Gasteiger partial charge is 0.308 e. The predicted octanol–water partition coefficient (Wildman–Crippen LogP) is 5.33. The Bertz CT molecular complexity index is 1190. The number of sulfone groups is 1. The normalized spacial score (nSPS) is 14.1. The number of aryl methyl sites for hydroxylation is 1. The maximum absolute atomic E-state index is 13.2. The number of aliphatic hydroxyl groups excluding tert-OH is 1. The van der Waals surface area contributed by atoms with E-state index < -0.39 is 33.1 Å². The van der Waals surface area contributed by atoms with Crippen molar-refractivity contribution in [3.05, 3.63) is 120 Å². The van der Waals surface area contributed by atoms with Crippen LogP contribution < -0.4 is 0 Å². The van der Waals surface area contributed by atoms with Gasteiger partial charge in [-0.25, -0.2) is 8.42 Å². The number of carboxylic acid groups (broad SMARTS) is 1. The Morgan fingerprint density at radius 1 is 0.857 bits per heavy atom. The van der Waals surface area contributed by atoms with Crippen LogP contribution in [0, 0.1) is 5.92 Å². The lowest BCUT2D eigenvalue weighted by Gasteiger charge is -2.25. The van der Waals surface area contributed by atoms with Gasteiger partial charge in [-0.3, -0.25) is 4.79 Å². The van der Waals surface area contributed by atoms with Crippen LogP contribution in [-0.2, 0) is 27.5 Å². The second kappa shape index (κ2) is 12.5. The number of aliphatic hydroxyl groups is 1. The minimum absolute atomic E-state index is 0.226. The first-order valence-electron chi connectivity index (χ1n) is 11.7. The molecule has 3 aromatic rings. The molecule has 3 atom stereocenters. The number of hydrogen-bond acceptors (Lipinski definition) is 4. The molecule has 2 N–H and O–H groups in total. The summed E-state index contributed by atoms with van der Waals surface area (Å²) < 4.78 is 26.4. The molecule has 5 nitrogen and oxygen atoms in total. The summed E-state index contributed by atoms with van der Waals surface area (Å²) in [6.45, 7) is 3.55. The minimum Gasteiger partial charge on any atom is -0.481 e. The molecule has 3 aromatic carbocycles. The summed E-state index contributed by atoms with van der Waals surface area (Å²) in [7, 11) is -3.81. The summed E-state index contributed by atoms with van der Waals surface area (Å²) in [4.78, 5) is 12.3. The van der Waals surface area contributed by atoms with E-state index >= 15 is 0 Å². The maximum atomic E-state index is 13.2. The summed E-state index contributed by atoms with van der Waals surface area (Å²) in [5, 5.41) is 19.5. The van der Waals surface area contributed by atoms with Crippen molar-refractivity contribution in [2.75, 3.05) is 5.75 Å². The lowest BCUT2D eigenvalue weighted by atomic mass is 9.91. The van der Waals surface area contributed by atoms with Crippen molar-refractivity contribution in [1.82, 2.24) is 0 Å². The standard InChI is InChI=1S/C29H32O5S/c1-2-20-35(33,34)28(26(29(31)32)15-9-14-22-10-5-3-6-11-22)25-18-16-24(17-19-25)27(30)21-23-12-7-4-8-13-23/h2-8,10-13,16-19,26-28,30H,1,9,14-15,20-21H2,(H,31,32). The third-order valence-corrected chi connectivity index (χ3v) is 8.24. The van der Waals surface area contributed by atoms with Crippen molar-refractivity contribution in [3.8, 4) is 0 Å². The first-order valence-corrected chi connectivity index (χ1v) is 13.4. The lowest BCUT2D eigenvalue weighted by molar-refractivity contribution is -0.142. The molecule has 0 saturated heterocycles. The van der Waals surface area contributed by atoms with Crippen molar-refractivity contribution in [3.63, 3.8) is 0 Å². The van der Waals surface area contributed by atoms with Gasteiger partial charge in [-0.2, -0.15) is 0 Å². The highest BCUT2D eigenvalue weighted by Gasteiger charge is 2.38. The van der Waals surface area contributed by atoms with Gasteiger partial charge in [0.15, 0.2) is 9.84 Å². The highest BCUT2D eigenvalue weighted by atomic mass is 32.2. The number of rotatable bonds is 13. The molecule has 0 heterocycles. The van der Waals surface area contributed by atoms with Crippen LogP contribution >= 0.6 is 0 Å². The molecule has 0 bridgehead atoms. The number of benzene rings is 3. The van der Waals surface area contributed by atoms with Crippen molar-refractivity contribution in [2.45, 2.75) is 37.0 Å². The first-order chi connectivity index (χ1) is 16.8. The molecule has 0 spiro atoms. The van der Waals surface area contributed by atoms with Gasteiger partial charge in [0.1, 0.15) is 0 Å². The molecule has 35 heavy (non-hydrogen) atoms. The fourth-order valence-electron chi connectivity index (χ4n) is 4.40. The zero-order chi connectivity index (χ0) is 25.3. The second-order valence-corrected chi connectivity index (χ2v) is 10.9. The molecule has 0 aliphatic carbocycles. The SMILES string of the molecule is C=CCS(=O)(=O)C(c1ccc(C(O)Cc2ccccc2)cc1)C(CCCc1ccccc1)C(=O)O. The van der Waals surface area contributed by atoms with Crippen molar-refractivity contribution >= 4 is 15.8 Å². The molecule has 184 valence electrons. The highest BCUT2D eigenvalue weighted by Crippen LogP contribution is 2.35. The Hall–Kier alpha value is -3.22. The van der Waals surface area contributed by atoms with E-state index in [1.165, 1.54) is 6.08 Å². The molecular weight excluding hydrogens is 460 g/mol. The zero-order valence-corrected chi connectivity index (χ0v) is 20.5. The summed E-state index contributed by atoms with van der Waals surface area (Å²) in [6, 6.07) is 25.9. The summed E-state index contributed by atoms with van der Waals surface area (Å²) >= 11 is 0. The molecule has 0 saturated carbocycles. The lowest BCUT2D eigenvalue weighted by Crippen LogP contribution is -2.30. The maximum Gasteiger partial charge on any atom is 0.308 e. The quantitative estimate of drug-likeness (QED) is 0.315. The van der Waals surface area contributed by atoms with E-state index in [-0.39, 0.29) is 12.2 Å². The zero-order valence-electron chi connectivity index (χ0n) is 19.7. The third kappa shape index (κ3) is 7.38. The Morgan fingerprint density at radius 2 is 1.40 bits per heavy atom. The Morgan fingerprint density at radius 3 is 1.94 bits per heavy atom. The molecule has 0 aliphatic heterocycles. The van der Waals surface area contributed by atoms with E-state index in [0.717, 1.165) is 11.1 Å². The fourth-order valence-corrected chi connectivity index (χ4v) is 6.26. The summed E-state index contributed by atoms with van der Waals surface area (Å²) in [6.07, 6.45) is 2.41. The van der Waals surface area contributed by atoms with Crippen molar-refractivity contribution < 1.29 is 23.4 Å². The number of aliphatic carboxylic acids is 1. The van der Waals surface area contributed by atoms with Crippen LogP contribution in [0.2, 0.25) is 0 Å². The summed E-state index contributed by atoms with van der Waals surface area (Å²) in [5.41, 5.74) is 3.13. The predicted molar refractivity (Wildman–Crippen MR) is 139 cm³/mol. The van der Waals surface area contributed by atoms with E-state index in [0.29, 0.717) is 30.4 Å². The number of carboxylic acids is 1. The van der Waals surface area contributed by atoms with Gasteiger partial charge in [0.05, 0.1) is 23.0 Å². The Labute approximate surface area is 207 Å². The molecule has 0 radical (unpaired) electrons. The first kappa shape index (κ1) is 26.4. The van der Waals surface area contributed by atoms with Gasteiger partial charge >= 0.3 is 5.97 Å². The van der Waals surface area contributed by atoms with Crippen LogP contribution in [0.25, 0.3) is 0 Å². The monoisotopic (exact) mass is 492 g/mol. The van der Waals surface area contributed by atoms with E-state index in [1.807, 2.05) is 60.7 Å².